The van der Waals surface area contributed by atoms with Crippen LogP contribution in [0.2, 0.25) is 0 Å². The summed E-state index contributed by atoms with van der Waals surface area (Å²) in [4.78, 5) is 0. The van der Waals surface area contributed by atoms with Crippen LogP contribution in [0.1, 0.15) is 30.5 Å². The van der Waals surface area contributed by atoms with E-state index in [-0.39, 0.29) is 11.9 Å². The second-order valence-corrected chi connectivity index (χ2v) is 4.52. The van der Waals surface area contributed by atoms with Crippen LogP contribution in [0.4, 0.5) is 10.1 Å². The zero-order valence-corrected chi connectivity index (χ0v) is 10.8. The molecule has 1 atom stereocenters. The fourth-order valence-electron chi connectivity index (χ4n) is 1.97. The van der Waals surface area contributed by atoms with E-state index in [0.717, 1.165) is 12.1 Å². The highest BCUT2D eigenvalue weighted by Gasteiger charge is 2.08. The minimum atomic E-state index is -0.205. The van der Waals surface area contributed by atoms with Crippen LogP contribution >= 0.6 is 0 Å². The van der Waals surface area contributed by atoms with E-state index in [4.69, 9.17) is 0 Å². The summed E-state index contributed by atoms with van der Waals surface area (Å²) >= 11 is 0. The summed E-state index contributed by atoms with van der Waals surface area (Å²) < 4.78 is 12.8. The van der Waals surface area contributed by atoms with Gasteiger partial charge in [0.1, 0.15) is 5.82 Å². The van der Waals surface area contributed by atoms with Gasteiger partial charge in [-0.15, -0.1) is 0 Å². The first-order valence-corrected chi connectivity index (χ1v) is 6.27. The molecule has 2 aromatic rings. The Bertz CT molecular complexity index is 488. The molecular weight excluding hydrogens is 225 g/mol. The molecular formula is C16H18FN. The van der Waals surface area contributed by atoms with E-state index >= 15 is 0 Å². The van der Waals surface area contributed by atoms with E-state index in [1.807, 2.05) is 0 Å². The highest BCUT2D eigenvalue weighted by molar-refractivity contribution is 5.45. The van der Waals surface area contributed by atoms with E-state index in [9.17, 15) is 4.39 Å². The van der Waals surface area contributed by atoms with Crippen molar-refractivity contribution in [1.29, 1.82) is 0 Å². The zero-order valence-electron chi connectivity index (χ0n) is 10.8. The van der Waals surface area contributed by atoms with Crippen LogP contribution in [0.25, 0.3) is 0 Å². The molecule has 94 valence electrons. The summed E-state index contributed by atoms with van der Waals surface area (Å²) in [6.45, 7) is 4.22. The van der Waals surface area contributed by atoms with Gasteiger partial charge in [-0.25, -0.2) is 4.39 Å². The highest BCUT2D eigenvalue weighted by atomic mass is 19.1. The van der Waals surface area contributed by atoms with E-state index in [1.165, 1.54) is 23.3 Å². The Morgan fingerprint density at radius 3 is 2.17 bits per heavy atom. The van der Waals surface area contributed by atoms with Crippen molar-refractivity contribution in [3.63, 3.8) is 0 Å². The summed E-state index contributed by atoms with van der Waals surface area (Å²) in [5, 5.41) is 3.42. The molecule has 0 aliphatic carbocycles. The van der Waals surface area contributed by atoms with Gasteiger partial charge in [-0.3, -0.25) is 0 Å². The monoisotopic (exact) mass is 243 g/mol. The topological polar surface area (TPSA) is 12.0 Å². The lowest BCUT2D eigenvalue weighted by Crippen LogP contribution is -2.09. The van der Waals surface area contributed by atoms with Gasteiger partial charge in [-0.2, -0.15) is 0 Å². The molecule has 0 bridgehead atoms. The average Bonchev–Trinajstić information content (AvgIpc) is 2.39. The maximum atomic E-state index is 12.8. The fraction of sp³-hybridized carbons (Fsp3) is 0.250. The highest BCUT2D eigenvalue weighted by Crippen LogP contribution is 2.22. The van der Waals surface area contributed by atoms with Crippen molar-refractivity contribution in [3.8, 4) is 0 Å². The quantitative estimate of drug-likeness (QED) is 0.821. The van der Waals surface area contributed by atoms with Crippen LogP contribution < -0.4 is 5.32 Å². The Kier molecular flexibility index (Phi) is 3.98. The molecule has 0 fully saturated rings. The molecule has 18 heavy (non-hydrogen) atoms. The van der Waals surface area contributed by atoms with Crippen LogP contribution in [0.3, 0.4) is 0 Å². The Balaban J connectivity index is 2.14. The normalized spacial score (nSPS) is 12.2. The standard InChI is InChI=1S/C16H18FN/c1-3-16(13-6-4-12(2)5-7-13)18-15-10-8-14(17)9-11-15/h4-11,16,18H,3H2,1-2H3. The van der Waals surface area contributed by atoms with Crippen LogP contribution in [0.5, 0.6) is 0 Å². The smallest absolute Gasteiger partial charge is 0.123 e. The number of benzene rings is 2. The van der Waals surface area contributed by atoms with Gasteiger partial charge in [0.2, 0.25) is 0 Å². The average molecular weight is 243 g/mol. The largest absolute Gasteiger partial charge is 0.378 e. The van der Waals surface area contributed by atoms with Crippen molar-refractivity contribution in [3.05, 3.63) is 65.5 Å². The summed E-state index contributed by atoms with van der Waals surface area (Å²) in [6, 6.07) is 15.3. The molecule has 0 aliphatic rings. The lowest BCUT2D eigenvalue weighted by Gasteiger charge is -2.19. The summed E-state index contributed by atoms with van der Waals surface area (Å²) in [5.41, 5.74) is 3.46. The Hall–Kier alpha value is -1.83. The molecule has 1 unspecified atom stereocenters. The molecule has 0 aliphatic heterocycles. The van der Waals surface area contributed by atoms with Gasteiger partial charge in [0, 0.05) is 5.69 Å². The lowest BCUT2D eigenvalue weighted by atomic mass is 10.0. The third-order valence-electron chi connectivity index (χ3n) is 3.07. The minimum absolute atomic E-state index is 0.205. The van der Waals surface area contributed by atoms with Crippen molar-refractivity contribution in [2.24, 2.45) is 0 Å². The van der Waals surface area contributed by atoms with Gasteiger partial charge in [-0.1, -0.05) is 36.8 Å². The van der Waals surface area contributed by atoms with Gasteiger partial charge in [0.05, 0.1) is 6.04 Å². The second kappa shape index (κ2) is 5.67. The number of hydrogen-bond donors (Lipinski definition) is 1. The number of hydrogen-bond acceptors (Lipinski definition) is 1. The van der Waals surface area contributed by atoms with Gasteiger partial charge >= 0.3 is 0 Å². The molecule has 1 N–H and O–H groups in total. The molecule has 2 aromatic carbocycles. The van der Waals surface area contributed by atoms with Crippen LogP contribution in [-0.4, -0.2) is 0 Å². The molecule has 0 aromatic heterocycles. The van der Waals surface area contributed by atoms with Gasteiger partial charge < -0.3 is 5.32 Å². The van der Waals surface area contributed by atoms with Crippen molar-refractivity contribution >= 4 is 5.69 Å². The summed E-state index contributed by atoms with van der Waals surface area (Å²) in [7, 11) is 0. The Morgan fingerprint density at radius 1 is 1.00 bits per heavy atom. The molecule has 1 nitrogen and oxygen atoms in total. The molecule has 2 heteroatoms. The number of rotatable bonds is 4. The number of anilines is 1. The maximum absolute atomic E-state index is 12.8. The number of aryl methyl sites for hydroxylation is 1. The van der Waals surface area contributed by atoms with Gasteiger partial charge in [0.15, 0.2) is 0 Å². The fourth-order valence-corrected chi connectivity index (χ4v) is 1.97. The van der Waals surface area contributed by atoms with Crippen molar-refractivity contribution in [2.45, 2.75) is 26.3 Å². The first-order valence-electron chi connectivity index (χ1n) is 6.27. The second-order valence-electron chi connectivity index (χ2n) is 4.52. The van der Waals surface area contributed by atoms with Gasteiger partial charge in [-0.05, 0) is 43.2 Å². The predicted molar refractivity (Wildman–Crippen MR) is 74.2 cm³/mol. The molecule has 0 heterocycles. The third kappa shape index (κ3) is 3.10. The zero-order chi connectivity index (χ0) is 13.0. The summed E-state index contributed by atoms with van der Waals surface area (Å²) in [5.74, 6) is -0.205. The SMILES string of the molecule is CCC(Nc1ccc(F)cc1)c1ccc(C)cc1. The molecule has 0 spiro atoms. The van der Waals surface area contributed by atoms with E-state index in [2.05, 4.69) is 43.4 Å². The van der Waals surface area contributed by atoms with Crippen LogP contribution in [0.15, 0.2) is 48.5 Å². The minimum Gasteiger partial charge on any atom is -0.378 e. The van der Waals surface area contributed by atoms with E-state index in [1.54, 1.807) is 12.1 Å². The number of halogens is 1. The van der Waals surface area contributed by atoms with Crippen LogP contribution in [-0.2, 0) is 0 Å². The molecule has 0 radical (unpaired) electrons. The predicted octanol–water partition coefficient (Wildman–Crippen LogP) is 4.70. The Morgan fingerprint density at radius 2 is 1.61 bits per heavy atom. The summed E-state index contributed by atoms with van der Waals surface area (Å²) in [6.07, 6.45) is 0.987. The van der Waals surface area contributed by atoms with Crippen molar-refractivity contribution < 1.29 is 4.39 Å². The Labute approximate surface area is 108 Å². The first kappa shape index (κ1) is 12.6. The van der Waals surface area contributed by atoms with Gasteiger partial charge in [0.25, 0.3) is 0 Å². The first-order chi connectivity index (χ1) is 8.69. The number of nitrogens with one attached hydrogen (secondary N) is 1. The maximum Gasteiger partial charge on any atom is 0.123 e. The molecule has 2 rings (SSSR count). The molecule has 0 amide bonds. The molecule has 0 saturated carbocycles. The van der Waals surface area contributed by atoms with E-state index in [0.29, 0.717) is 0 Å². The molecule has 0 saturated heterocycles. The lowest BCUT2D eigenvalue weighted by molar-refractivity contribution is 0.627. The van der Waals surface area contributed by atoms with Crippen LogP contribution in [0, 0.1) is 12.7 Å². The van der Waals surface area contributed by atoms with Crippen molar-refractivity contribution in [1.82, 2.24) is 0 Å². The van der Waals surface area contributed by atoms with Crippen molar-refractivity contribution in [2.75, 3.05) is 5.32 Å². The third-order valence-corrected chi connectivity index (χ3v) is 3.07. The van der Waals surface area contributed by atoms with E-state index < -0.39 is 0 Å².